The summed E-state index contributed by atoms with van der Waals surface area (Å²) in [5, 5.41) is 5.25. The zero-order valence-electron chi connectivity index (χ0n) is 16.9. The van der Waals surface area contributed by atoms with Gasteiger partial charge in [-0.05, 0) is 35.9 Å². The van der Waals surface area contributed by atoms with Gasteiger partial charge in [-0.2, -0.15) is 0 Å². The molecule has 0 bridgehead atoms. The molecule has 11 heteroatoms. The first-order valence-electron chi connectivity index (χ1n) is 9.47. The summed E-state index contributed by atoms with van der Waals surface area (Å²) in [4.78, 5) is 17.8. The molecule has 2 aromatic heterocycles. The van der Waals surface area contributed by atoms with E-state index < -0.39 is 15.9 Å². The highest BCUT2D eigenvalue weighted by atomic mass is 35.5. The average molecular weight is 491 g/mol. The van der Waals surface area contributed by atoms with Gasteiger partial charge in [0.15, 0.2) is 4.96 Å². The Balaban J connectivity index is 1.49. The van der Waals surface area contributed by atoms with Gasteiger partial charge in [0.1, 0.15) is 10.6 Å². The molecule has 0 aliphatic rings. The van der Waals surface area contributed by atoms with Gasteiger partial charge in [0.25, 0.3) is 5.91 Å². The Bertz CT molecular complexity index is 1340. The zero-order chi connectivity index (χ0) is 22.7. The van der Waals surface area contributed by atoms with Gasteiger partial charge in [-0.25, -0.2) is 18.1 Å². The molecule has 0 spiro atoms. The minimum atomic E-state index is -3.95. The standard InChI is InChI=1S/C21H19ClN4O4S2/c1-30-18-7-4-15(20(27)23-12-17-13-26-8-9-31-21(26)25-17)10-19(18)32(28,29)24-11-14-2-5-16(22)6-3-14/h2-10,13,24H,11-12H2,1H3,(H,23,27). The predicted molar refractivity (Wildman–Crippen MR) is 123 cm³/mol. The van der Waals surface area contributed by atoms with Crippen molar-refractivity contribution in [1.82, 2.24) is 19.4 Å². The second-order valence-electron chi connectivity index (χ2n) is 6.82. The van der Waals surface area contributed by atoms with Gasteiger partial charge < -0.3 is 10.1 Å². The summed E-state index contributed by atoms with van der Waals surface area (Å²) in [6.45, 7) is 0.284. The molecule has 2 aromatic carbocycles. The van der Waals surface area contributed by atoms with E-state index in [1.165, 1.54) is 36.6 Å². The Morgan fingerprint density at radius 2 is 1.97 bits per heavy atom. The first-order chi connectivity index (χ1) is 15.4. The number of amides is 1. The second kappa shape index (κ2) is 9.29. The monoisotopic (exact) mass is 490 g/mol. The lowest BCUT2D eigenvalue weighted by Crippen LogP contribution is -2.26. The smallest absolute Gasteiger partial charge is 0.251 e. The van der Waals surface area contributed by atoms with E-state index in [4.69, 9.17) is 16.3 Å². The third-order valence-corrected chi connectivity index (χ3v) is 7.11. The fourth-order valence-corrected chi connectivity index (χ4v) is 5.08. The minimum Gasteiger partial charge on any atom is -0.495 e. The maximum atomic E-state index is 12.9. The van der Waals surface area contributed by atoms with Crippen LogP contribution in [0.3, 0.4) is 0 Å². The van der Waals surface area contributed by atoms with Gasteiger partial charge >= 0.3 is 0 Å². The van der Waals surface area contributed by atoms with E-state index in [1.807, 2.05) is 22.2 Å². The maximum Gasteiger partial charge on any atom is 0.251 e. The topological polar surface area (TPSA) is 102 Å². The molecule has 0 saturated carbocycles. The number of carbonyl (C=O) groups excluding carboxylic acids is 1. The van der Waals surface area contributed by atoms with Crippen LogP contribution in [0.15, 0.2) is 65.1 Å². The normalized spacial score (nSPS) is 11.6. The number of nitrogens with zero attached hydrogens (tertiary/aromatic N) is 2. The molecular formula is C21H19ClN4O4S2. The fourth-order valence-electron chi connectivity index (χ4n) is 3.02. The Morgan fingerprint density at radius 1 is 1.19 bits per heavy atom. The number of hydrogen-bond acceptors (Lipinski definition) is 6. The quantitative estimate of drug-likeness (QED) is 0.394. The Kier molecular flexibility index (Phi) is 6.47. The van der Waals surface area contributed by atoms with E-state index in [2.05, 4.69) is 15.0 Å². The molecule has 1 amide bonds. The van der Waals surface area contributed by atoms with Crippen LogP contribution in [0.4, 0.5) is 0 Å². The van der Waals surface area contributed by atoms with Gasteiger partial charge in [0, 0.05) is 34.9 Å². The molecule has 4 rings (SSSR count). The zero-order valence-corrected chi connectivity index (χ0v) is 19.3. The summed E-state index contributed by atoms with van der Waals surface area (Å²) >= 11 is 7.36. The van der Waals surface area contributed by atoms with Crippen LogP contribution in [-0.4, -0.2) is 30.8 Å². The van der Waals surface area contributed by atoms with Crippen molar-refractivity contribution in [1.29, 1.82) is 0 Å². The molecule has 0 aliphatic heterocycles. The van der Waals surface area contributed by atoms with Crippen molar-refractivity contribution in [3.8, 4) is 5.75 Å². The Hall–Kier alpha value is -2.92. The molecule has 4 aromatic rings. The SMILES string of the molecule is COc1ccc(C(=O)NCc2cn3ccsc3n2)cc1S(=O)(=O)NCc1ccc(Cl)cc1. The number of sulfonamides is 1. The van der Waals surface area contributed by atoms with E-state index in [0.717, 1.165) is 10.5 Å². The van der Waals surface area contributed by atoms with Crippen LogP contribution < -0.4 is 14.8 Å². The fraction of sp³-hybridized carbons (Fsp3) is 0.143. The van der Waals surface area contributed by atoms with Crippen molar-refractivity contribution in [2.75, 3.05) is 7.11 Å². The van der Waals surface area contributed by atoms with Crippen molar-refractivity contribution in [3.63, 3.8) is 0 Å². The molecule has 2 N–H and O–H groups in total. The van der Waals surface area contributed by atoms with Crippen LogP contribution in [0, 0.1) is 0 Å². The highest BCUT2D eigenvalue weighted by molar-refractivity contribution is 7.89. The van der Waals surface area contributed by atoms with Crippen molar-refractivity contribution < 1.29 is 17.9 Å². The second-order valence-corrected chi connectivity index (χ2v) is 9.87. The van der Waals surface area contributed by atoms with Gasteiger partial charge in [0.05, 0.1) is 19.3 Å². The summed E-state index contributed by atoms with van der Waals surface area (Å²) in [6.07, 6.45) is 3.71. The number of carbonyl (C=O) groups is 1. The van der Waals surface area contributed by atoms with E-state index in [-0.39, 0.29) is 29.3 Å². The number of aromatic nitrogens is 2. The maximum absolute atomic E-state index is 12.9. The number of thiazole rings is 1. The number of methoxy groups -OCH3 is 1. The molecule has 2 heterocycles. The van der Waals surface area contributed by atoms with Gasteiger partial charge in [0.2, 0.25) is 10.0 Å². The van der Waals surface area contributed by atoms with E-state index >= 15 is 0 Å². The first-order valence-corrected chi connectivity index (χ1v) is 12.2. The summed E-state index contributed by atoms with van der Waals surface area (Å²) in [7, 11) is -2.57. The van der Waals surface area contributed by atoms with Crippen LogP contribution >= 0.6 is 22.9 Å². The van der Waals surface area contributed by atoms with Gasteiger partial charge in [-0.1, -0.05) is 23.7 Å². The van der Waals surface area contributed by atoms with Crippen molar-refractivity contribution in [2.24, 2.45) is 0 Å². The lowest BCUT2D eigenvalue weighted by molar-refractivity contribution is 0.0950. The van der Waals surface area contributed by atoms with Crippen LogP contribution in [0.1, 0.15) is 21.6 Å². The highest BCUT2D eigenvalue weighted by Crippen LogP contribution is 2.25. The van der Waals surface area contributed by atoms with E-state index in [0.29, 0.717) is 10.7 Å². The summed E-state index contributed by atoms with van der Waals surface area (Å²) in [6, 6.07) is 11.1. The number of imidazole rings is 1. The van der Waals surface area contributed by atoms with Crippen LogP contribution in [0.5, 0.6) is 5.75 Å². The van der Waals surface area contributed by atoms with Crippen molar-refractivity contribution in [3.05, 3.63) is 82.1 Å². The van der Waals surface area contributed by atoms with Crippen LogP contribution in [-0.2, 0) is 23.1 Å². The number of rotatable bonds is 8. The highest BCUT2D eigenvalue weighted by Gasteiger charge is 2.22. The number of benzene rings is 2. The summed E-state index contributed by atoms with van der Waals surface area (Å²) in [5.74, 6) is -0.280. The lowest BCUT2D eigenvalue weighted by Gasteiger charge is -2.13. The molecule has 0 aliphatic carbocycles. The molecule has 0 saturated heterocycles. The molecule has 0 fully saturated rings. The molecule has 32 heavy (non-hydrogen) atoms. The number of ether oxygens (including phenoxy) is 1. The number of nitrogens with one attached hydrogen (secondary N) is 2. The summed E-state index contributed by atoms with van der Waals surface area (Å²) in [5.41, 5.74) is 1.64. The molecule has 166 valence electrons. The van der Waals surface area contributed by atoms with Crippen molar-refractivity contribution >= 4 is 43.8 Å². The molecular weight excluding hydrogens is 472 g/mol. The minimum absolute atomic E-state index is 0.0660. The van der Waals surface area contributed by atoms with E-state index in [9.17, 15) is 13.2 Å². The van der Waals surface area contributed by atoms with Crippen LogP contribution in [0.25, 0.3) is 4.96 Å². The number of hydrogen-bond donors (Lipinski definition) is 2. The first kappa shape index (κ1) is 22.3. The molecule has 0 radical (unpaired) electrons. The molecule has 0 atom stereocenters. The van der Waals surface area contributed by atoms with E-state index in [1.54, 1.807) is 24.3 Å². The van der Waals surface area contributed by atoms with Crippen LogP contribution in [0.2, 0.25) is 5.02 Å². The Morgan fingerprint density at radius 3 is 2.69 bits per heavy atom. The third-order valence-electron chi connectivity index (χ3n) is 4.67. The van der Waals surface area contributed by atoms with Gasteiger partial charge in [-0.3, -0.25) is 9.20 Å². The summed E-state index contributed by atoms with van der Waals surface area (Å²) < 4.78 is 35.4. The lowest BCUT2D eigenvalue weighted by atomic mass is 10.2. The number of halogens is 1. The third kappa shape index (κ3) is 4.94. The average Bonchev–Trinajstić information content (AvgIpc) is 3.38. The largest absolute Gasteiger partial charge is 0.495 e. The van der Waals surface area contributed by atoms with Crippen molar-refractivity contribution in [2.45, 2.75) is 18.0 Å². The predicted octanol–water partition coefficient (Wildman–Crippen LogP) is 3.47. The molecule has 8 nitrogen and oxygen atoms in total. The van der Waals surface area contributed by atoms with Gasteiger partial charge in [-0.15, -0.1) is 11.3 Å². The number of fused-ring (bicyclic) bond motifs is 1. The molecule has 0 unspecified atom stereocenters. The Labute approximate surface area is 193 Å².